The number of rotatable bonds is 3. The minimum atomic E-state index is -0.175. The number of unbranched alkanes of at least 4 members (excludes halogenated alkanes) is 1. The number of halogens is 1. The zero-order valence-corrected chi connectivity index (χ0v) is 9.23. The molecule has 0 saturated carbocycles. The molecule has 1 heterocycles. The van der Waals surface area contributed by atoms with Crippen molar-refractivity contribution in [2.24, 2.45) is 0 Å². The van der Waals surface area contributed by atoms with Crippen molar-refractivity contribution < 1.29 is 4.39 Å². The molecule has 0 saturated heterocycles. The Kier molecular flexibility index (Phi) is 2.76. The lowest BCUT2D eigenvalue weighted by Crippen LogP contribution is -1.86. The highest BCUT2D eigenvalue weighted by molar-refractivity contribution is 5.84. The van der Waals surface area contributed by atoms with Crippen molar-refractivity contribution in [3.63, 3.8) is 0 Å². The molecular formula is C13H16FN. The van der Waals surface area contributed by atoms with Crippen molar-refractivity contribution in [3.05, 3.63) is 35.3 Å². The van der Waals surface area contributed by atoms with E-state index in [4.69, 9.17) is 0 Å². The topological polar surface area (TPSA) is 15.8 Å². The van der Waals surface area contributed by atoms with E-state index >= 15 is 0 Å². The van der Waals surface area contributed by atoms with Crippen LogP contribution in [-0.4, -0.2) is 4.98 Å². The first kappa shape index (κ1) is 10.2. The summed E-state index contributed by atoms with van der Waals surface area (Å²) in [6, 6.07) is 4.94. The van der Waals surface area contributed by atoms with Crippen LogP contribution in [0, 0.1) is 12.7 Å². The molecule has 2 rings (SSSR count). The third kappa shape index (κ3) is 1.89. The van der Waals surface area contributed by atoms with E-state index < -0.39 is 0 Å². The summed E-state index contributed by atoms with van der Waals surface area (Å²) in [4.78, 5) is 3.30. The van der Waals surface area contributed by atoms with Crippen molar-refractivity contribution in [2.45, 2.75) is 33.1 Å². The number of nitrogens with one attached hydrogen (secondary N) is 1. The lowest BCUT2D eigenvalue weighted by atomic mass is 10.1. The van der Waals surface area contributed by atoms with Crippen LogP contribution in [0.5, 0.6) is 0 Å². The third-order valence-electron chi connectivity index (χ3n) is 2.90. The molecule has 0 aliphatic carbocycles. The Balaban J connectivity index is 2.44. The summed E-state index contributed by atoms with van der Waals surface area (Å²) in [5.41, 5.74) is 3.43. The molecule has 1 aromatic carbocycles. The molecule has 0 aliphatic rings. The normalized spacial score (nSPS) is 11.1. The molecule has 0 spiro atoms. The standard InChI is InChI=1S/C13H16FN/c1-3-4-5-12-9(2)11-7-6-10(14)8-13(11)15-12/h6-8,15H,3-5H2,1-2H3. The highest BCUT2D eigenvalue weighted by Crippen LogP contribution is 2.23. The van der Waals surface area contributed by atoms with Crippen LogP contribution >= 0.6 is 0 Å². The molecule has 0 aliphatic heterocycles. The van der Waals surface area contributed by atoms with Crippen molar-refractivity contribution in [1.82, 2.24) is 4.98 Å². The van der Waals surface area contributed by atoms with E-state index in [0.29, 0.717) is 0 Å². The molecule has 1 aromatic heterocycles. The van der Waals surface area contributed by atoms with Gasteiger partial charge in [0.05, 0.1) is 0 Å². The van der Waals surface area contributed by atoms with Gasteiger partial charge in [0.25, 0.3) is 0 Å². The van der Waals surface area contributed by atoms with Crippen molar-refractivity contribution in [2.75, 3.05) is 0 Å². The lowest BCUT2D eigenvalue weighted by molar-refractivity contribution is 0.629. The Morgan fingerprint density at radius 3 is 2.87 bits per heavy atom. The Labute approximate surface area is 89.3 Å². The largest absolute Gasteiger partial charge is 0.358 e. The van der Waals surface area contributed by atoms with E-state index in [1.54, 1.807) is 6.07 Å². The van der Waals surface area contributed by atoms with Crippen molar-refractivity contribution >= 4 is 10.9 Å². The fourth-order valence-electron chi connectivity index (χ4n) is 1.97. The zero-order valence-electron chi connectivity index (χ0n) is 9.23. The van der Waals surface area contributed by atoms with Crippen LogP contribution in [0.4, 0.5) is 4.39 Å². The first-order valence-electron chi connectivity index (χ1n) is 5.49. The average molecular weight is 205 g/mol. The summed E-state index contributed by atoms with van der Waals surface area (Å²) in [5, 5.41) is 1.14. The minimum absolute atomic E-state index is 0.175. The van der Waals surface area contributed by atoms with Crippen LogP contribution in [0.2, 0.25) is 0 Å². The van der Waals surface area contributed by atoms with E-state index in [-0.39, 0.29) is 5.82 Å². The number of hydrogen-bond donors (Lipinski definition) is 1. The SMILES string of the molecule is CCCCc1[nH]c2cc(F)ccc2c1C. The molecule has 1 nitrogen and oxygen atoms in total. The minimum Gasteiger partial charge on any atom is -0.358 e. The van der Waals surface area contributed by atoms with Gasteiger partial charge in [-0.25, -0.2) is 4.39 Å². The Hall–Kier alpha value is -1.31. The summed E-state index contributed by atoms with van der Waals surface area (Å²) in [6.45, 7) is 4.28. The van der Waals surface area contributed by atoms with Gasteiger partial charge in [-0.05, 0) is 43.5 Å². The number of H-pyrrole nitrogens is 1. The summed E-state index contributed by atoms with van der Waals surface area (Å²) < 4.78 is 13.0. The molecular weight excluding hydrogens is 189 g/mol. The lowest BCUT2D eigenvalue weighted by Gasteiger charge is -1.97. The van der Waals surface area contributed by atoms with Gasteiger partial charge in [0.2, 0.25) is 0 Å². The van der Waals surface area contributed by atoms with Crippen LogP contribution in [0.1, 0.15) is 31.0 Å². The van der Waals surface area contributed by atoms with Gasteiger partial charge < -0.3 is 4.98 Å². The Morgan fingerprint density at radius 1 is 1.33 bits per heavy atom. The van der Waals surface area contributed by atoms with E-state index in [1.165, 1.54) is 30.2 Å². The number of aromatic amines is 1. The summed E-state index contributed by atoms with van der Waals surface area (Å²) >= 11 is 0. The second kappa shape index (κ2) is 4.05. The molecule has 2 aromatic rings. The first-order valence-corrected chi connectivity index (χ1v) is 5.49. The number of aromatic nitrogens is 1. The second-order valence-corrected chi connectivity index (χ2v) is 4.02. The van der Waals surface area contributed by atoms with Gasteiger partial charge in [-0.1, -0.05) is 13.3 Å². The molecule has 0 unspecified atom stereocenters. The second-order valence-electron chi connectivity index (χ2n) is 4.02. The van der Waals surface area contributed by atoms with Crippen LogP contribution in [0.3, 0.4) is 0 Å². The smallest absolute Gasteiger partial charge is 0.125 e. The maximum absolute atomic E-state index is 13.0. The van der Waals surface area contributed by atoms with E-state index in [0.717, 1.165) is 17.3 Å². The average Bonchev–Trinajstić information content (AvgIpc) is 2.52. The molecule has 0 fully saturated rings. The molecule has 15 heavy (non-hydrogen) atoms. The number of hydrogen-bond acceptors (Lipinski definition) is 0. The van der Waals surface area contributed by atoms with Crippen molar-refractivity contribution in [1.29, 1.82) is 0 Å². The van der Waals surface area contributed by atoms with Crippen LogP contribution in [-0.2, 0) is 6.42 Å². The maximum atomic E-state index is 13.0. The summed E-state index contributed by atoms with van der Waals surface area (Å²) in [5.74, 6) is -0.175. The summed E-state index contributed by atoms with van der Waals surface area (Å²) in [6.07, 6.45) is 3.41. The summed E-state index contributed by atoms with van der Waals surface area (Å²) in [7, 11) is 0. The maximum Gasteiger partial charge on any atom is 0.125 e. The Bertz CT molecular complexity index is 471. The predicted octanol–water partition coefficient (Wildman–Crippen LogP) is 3.96. The molecule has 0 amide bonds. The van der Waals surface area contributed by atoms with Crippen molar-refractivity contribution in [3.8, 4) is 0 Å². The fraction of sp³-hybridized carbons (Fsp3) is 0.385. The molecule has 80 valence electrons. The molecule has 2 heteroatoms. The van der Waals surface area contributed by atoms with E-state index in [1.807, 2.05) is 6.07 Å². The number of fused-ring (bicyclic) bond motifs is 1. The quantitative estimate of drug-likeness (QED) is 0.780. The highest BCUT2D eigenvalue weighted by atomic mass is 19.1. The first-order chi connectivity index (χ1) is 7.22. The van der Waals surface area contributed by atoms with E-state index in [2.05, 4.69) is 18.8 Å². The molecule has 0 atom stereocenters. The fourth-order valence-corrected chi connectivity index (χ4v) is 1.97. The van der Waals surface area contributed by atoms with Gasteiger partial charge >= 0.3 is 0 Å². The number of benzene rings is 1. The van der Waals surface area contributed by atoms with Gasteiger partial charge in [0, 0.05) is 16.6 Å². The zero-order chi connectivity index (χ0) is 10.8. The van der Waals surface area contributed by atoms with E-state index in [9.17, 15) is 4.39 Å². The molecule has 0 radical (unpaired) electrons. The number of aryl methyl sites for hydroxylation is 2. The predicted molar refractivity (Wildman–Crippen MR) is 61.6 cm³/mol. The van der Waals surface area contributed by atoms with Gasteiger partial charge in [0.1, 0.15) is 5.82 Å². The van der Waals surface area contributed by atoms with Gasteiger partial charge in [-0.3, -0.25) is 0 Å². The monoisotopic (exact) mass is 205 g/mol. The van der Waals surface area contributed by atoms with Gasteiger partial charge in [0.15, 0.2) is 0 Å². The molecule has 0 bridgehead atoms. The van der Waals surface area contributed by atoms with Gasteiger partial charge in [-0.15, -0.1) is 0 Å². The van der Waals surface area contributed by atoms with Crippen LogP contribution in [0.15, 0.2) is 18.2 Å². The molecule has 1 N–H and O–H groups in total. The van der Waals surface area contributed by atoms with Crippen LogP contribution in [0.25, 0.3) is 10.9 Å². The highest BCUT2D eigenvalue weighted by Gasteiger charge is 2.07. The van der Waals surface area contributed by atoms with Gasteiger partial charge in [-0.2, -0.15) is 0 Å². The Morgan fingerprint density at radius 2 is 2.13 bits per heavy atom. The third-order valence-corrected chi connectivity index (χ3v) is 2.90. The van der Waals surface area contributed by atoms with Crippen LogP contribution < -0.4 is 0 Å².